The van der Waals surface area contributed by atoms with Crippen LogP contribution in [0.1, 0.15) is 22.3 Å². The van der Waals surface area contributed by atoms with E-state index in [1.54, 1.807) is 37.7 Å². The molecule has 0 unspecified atom stereocenters. The fourth-order valence-electron chi connectivity index (χ4n) is 2.73. The van der Waals surface area contributed by atoms with Gasteiger partial charge in [-0.3, -0.25) is 4.79 Å². The van der Waals surface area contributed by atoms with Crippen LogP contribution in [0.3, 0.4) is 0 Å². The van der Waals surface area contributed by atoms with Gasteiger partial charge in [-0.1, -0.05) is 29.8 Å². The van der Waals surface area contributed by atoms with Gasteiger partial charge in [0.1, 0.15) is 0 Å². The molecule has 0 heterocycles. The largest absolute Gasteiger partial charge is 0.272 e. The van der Waals surface area contributed by atoms with Crippen molar-refractivity contribution in [2.45, 2.75) is 30.6 Å². The molecule has 0 atom stereocenters. The van der Waals surface area contributed by atoms with E-state index in [1.165, 1.54) is 6.21 Å². The van der Waals surface area contributed by atoms with E-state index in [-0.39, 0.29) is 4.90 Å². The first-order valence-electron chi connectivity index (χ1n) is 8.26. The second kappa shape index (κ2) is 9.16. The Morgan fingerprint density at radius 3 is 2.26 bits per heavy atom. The summed E-state index contributed by atoms with van der Waals surface area (Å²) >= 11 is 1.64. The quantitative estimate of drug-likeness (QED) is 0.421. The Hall–Kier alpha value is -2.16. The van der Waals surface area contributed by atoms with Gasteiger partial charge in [-0.2, -0.15) is 5.10 Å². The number of hydrogen-bond donors (Lipinski definition) is 2. The van der Waals surface area contributed by atoms with E-state index in [9.17, 15) is 13.2 Å². The summed E-state index contributed by atoms with van der Waals surface area (Å²) in [5.41, 5.74) is 5.43. The molecule has 0 spiro atoms. The maximum Gasteiger partial charge on any atom is 0.255 e. The number of carbonyl (C=O) groups excluding carboxylic acids is 1. The van der Waals surface area contributed by atoms with Crippen molar-refractivity contribution in [3.8, 4) is 0 Å². The lowest BCUT2D eigenvalue weighted by atomic mass is 10.1. The van der Waals surface area contributed by atoms with E-state index in [0.29, 0.717) is 11.1 Å². The molecule has 2 N–H and O–H groups in total. The molecule has 0 radical (unpaired) electrons. The summed E-state index contributed by atoms with van der Waals surface area (Å²) in [7, 11) is -3.78. The van der Waals surface area contributed by atoms with Gasteiger partial charge in [0.2, 0.25) is 10.0 Å². The van der Waals surface area contributed by atoms with E-state index >= 15 is 0 Å². The molecule has 2 aromatic carbocycles. The average molecular weight is 406 g/mol. The summed E-state index contributed by atoms with van der Waals surface area (Å²) < 4.78 is 27.4. The van der Waals surface area contributed by atoms with Gasteiger partial charge in [0.25, 0.3) is 5.91 Å². The lowest BCUT2D eigenvalue weighted by Crippen LogP contribution is -2.35. The van der Waals surface area contributed by atoms with Crippen molar-refractivity contribution in [3.05, 3.63) is 58.7 Å². The minimum absolute atomic E-state index is 0.207. The van der Waals surface area contributed by atoms with Crippen LogP contribution in [0.25, 0.3) is 0 Å². The number of nitrogens with zero attached hydrogens (tertiary/aromatic N) is 1. The number of amides is 1. The van der Waals surface area contributed by atoms with Crippen molar-refractivity contribution >= 4 is 33.9 Å². The number of nitrogens with one attached hydrogen (secondary N) is 2. The molecule has 2 rings (SSSR count). The molecule has 0 saturated heterocycles. The number of aryl methyl sites for hydroxylation is 3. The normalized spacial score (nSPS) is 11.7. The SMILES string of the molecule is CSc1ccc(/C=N\NC(=O)CNS(=O)(=O)c2c(C)cc(C)cc2C)cc1. The van der Waals surface area contributed by atoms with Crippen molar-refractivity contribution in [1.29, 1.82) is 0 Å². The zero-order chi connectivity index (χ0) is 20.0. The first-order valence-corrected chi connectivity index (χ1v) is 11.0. The summed E-state index contributed by atoms with van der Waals surface area (Å²) in [4.78, 5) is 13.2. The third-order valence-electron chi connectivity index (χ3n) is 3.81. The molecular formula is C19H23N3O3S2. The second-order valence-corrected chi connectivity index (χ2v) is 8.70. The summed E-state index contributed by atoms with van der Waals surface area (Å²) in [6, 6.07) is 11.3. The van der Waals surface area contributed by atoms with Gasteiger partial charge in [-0.05, 0) is 55.9 Å². The monoisotopic (exact) mass is 405 g/mol. The molecule has 0 saturated carbocycles. The number of rotatable bonds is 7. The Bertz CT molecular complexity index is 930. The fraction of sp³-hybridized carbons (Fsp3) is 0.263. The van der Waals surface area contributed by atoms with Crippen LogP contribution in [0, 0.1) is 20.8 Å². The molecule has 2 aromatic rings. The van der Waals surface area contributed by atoms with Crippen molar-refractivity contribution in [1.82, 2.24) is 10.1 Å². The van der Waals surface area contributed by atoms with Gasteiger partial charge >= 0.3 is 0 Å². The maximum absolute atomic E-state index is 12.5. The van der Waals surface area contributed by atoms with Crippen LogP contribution in [0.15, 0.2) is 51.3 Å². The molecule has 0 aliphatic rings. The van der Waals surface area contributed by atoms with Crippen molar-refractivity contribution in [3.63, 3.8) is 0 Å². The molecule has 8 heteroatoms. The van der Waals surface area contributed by atoms with Crippen molar-refractivity contribution in [2.75, 3.05) is 12.8 Å². The molecule has 0 aliphatic carbocycles. The van der Waals surface area contributed by atoms with Crippen LogP contribution in [-0.4, -0.2) is 33.3 Å². The zero-order valence-corrected chi connectivity index (χ0v) is 17.4. The van der Waals surface area contributed by atoms with Crippen LogP contribution < -0.4 is 10.1 Å². The maximum atomic E-state index is 12.5. The first-order chi connectivity index (χ1) is 12.7. The second-order valence-electron chi connectivity index (χ2n) is 6.12. The molecule has 0 aromatic heterocycles. The molecule has 0 aliphatic heterocycles. The van der Waals surface area contributed by atoms with Gasteiger partial charge in [-0.15, -0.1) is 11.8 Å². The van der Waals surface area contributed by atoms with Gasteiger partial charge in [0.05, 0.1) is 17.7 Å². The predicted molar refractivity (Wildman–Crippen MR) is 110 cm³/mol. The van der Waals surface area contributed by atoms with Gasteiger partial charge < -0.3 is 0 Å². The third-order valence-corrected chi connectivity index (χ3v) is 6.26. The molecule has 0 bridgehead atoms. The molecule has 144 valence electrons. The summed E-state index contributed by atoms with van der Waals surface area (Å²) in [6.07, 6.45) is 3.49. The number of benzene rings is 2. The smallest absolute Gasteiger partial charge is 0.255 e. The molecule has 27 heavy (non-hydrogen) atoms. The number of hydrogen-bond acceptors (Lipinski definition) is 5. The minimum Gasteiger partial charge on any atom is -0.272 e. The van der Waals surface area contributed by atoms with Gasteiger partial charge in [0, 0.05) is 4.90 Å². The Kier molecular flexibility index (Phi) is 7.18. The van der Waals surface area contributed by atoms with Crippen LogP contribution >= 0.6 is 11.8 Å². The molecule has 6 nitrogen and oxygen atoms in total. The number of hydrazone groups is 1. The Balaban J connectivity index is 1.95. The van der Waals surface area contributed by atoms with E-state index in [1.807, 2.05) is 37.4 Å². The van der Waals surface area contributed by atoms with Crippen molar-refractivity contribution in [2.24, 2.45) is 5.10 Å². The first kappa shape index (κ1) is 21.1. The van der Waals surface area contributed by atoms with Gasteiger partial charge in [-0.25, -0.2) is 18.6 Å². The lowest BCUT2D eigenvalue weighted by molar-refractivity contribution is -0.119. The highest BCUT2D eigenvalue weighted by molar-refractivity contribution is 7.98. The highest BCUT2D eigenvalue weighted by Gasteiger charge is 2.20. The predicted octanol–water partition coefficient (Wildman–Crippen LogP) is 2.76. The van der Waals surface area contributed by atoms with E-state index < -0.39 is 22.5 Å². The summed E-state index contributed by atoms with van der Waals surface area (Å²) in [6.45, 7) is 4.99. The molecule has 0 fully saturated rings. The molecular weight excluding hydrogens is 382 g/mol. The Morgan fingerprint density at radius 1 is 1.11 bits per heavy atom. The van der Waals surface area contributed by atoms with E-state index in [4.69, 9.17) is 0 Å². The summed E-state index contributed by atoms with van der Waals surface area (Å²) in [5.74, 6) is -0.544. The number of carbonyl (C=O) groups is 1. The van der Waals surface area contributed by atoms with E-state index in [2.05, 4.69) is 15.2 Å². The average Bonchev–Trinajstić information content (AvgIpc) is 2.59. The van der Waals surface area contributed by atoms with Crippen molar-refractivity contribution < 1.29 is 13.2 Å². The van der Waals surface area contributed by atoms with Gasteiger partial charge in [0.15, 0.2) is 0 Å². The minimum atomic E-state index is -3.78. The van der Waals surface area contributed by atoms with Crippen LogP contribution in [-0.2, 0) is 14.8 Å². The summed E-state index contributed by atoms with van der Waals surface area (Å²) in [5, 5.41) is 3.85. The standard InChI is InChI=1S/C19H23N3O3S2/c1-13-9-14(2)19(15(3)10-13)27(24,25)21-12-18(23)22-20-11-16-5-7-17(26-4)8-6-16/h5-11,21H,12H2,1-4H3,(H,22,23)/b20-11-. The number of sulfonamides is 1. The van der Waals surface area contributed by atoms with Crippen LogP contribution in [0.2, 0.25) is 0 Å². The Morgan fingerprint density at radius 2 is 1.70 bits per heavy atom. The highest BCUT2D eigenvalue weighted by Crippen LogP contribution is 2.21. The van der Waals surface area contributed by atoms with E-state index in [0.717, 1.165) is 16.0 Å². The third kappa shape index (κ3) is 5.92. The number of thioether (sulfide) groups is 1. The molecule has 1 amide bonds. The lowest BCUT2D eigenvalue weighted by Gasteiger charge is -2.12. The topological polar surface area (TPSA) is 87.6 Å². The zero-order valence-electron chi connectivity index (χ0n) is 15.7. The fourth-order valence-corrected chi connectivity index (χ4v) is 4.57. The Labute approximate surface area is 164 Å². The highest BCUT2D eigenvalue weighted by atomic mass is 32.2. The van der Waals surface area contributed by atoms with Crippen LogP contribution in [0.5, 0.6) is 0 Å². The van der Waals surface area contributed by atoms with Crippen LogP contribution in [0.4, 0.5) is 0 Å².